The number of carbonyl (C=O) groups excluding carboxylic acids is 1. The fourth-order valence-electron chi connectivity index (χ4n) is 2.64. The van der Waals surface area contributed by atoms with Crippen molar-refractivity contribution in [3.05, 3.63) is 35.5 Å². The molecule has 2 heterocycles. The summed E-state index contributed by atoms with van der Waals surface area (Å²) in [6.45, 7) is 0. The van der Waals surface area contributed by atoms with Crippen molar-refractivity contribution in [1.82, 2.24) is 9.97 Å². The van der Waals surface area contributed by atoms with E-state index in [0.717, 1.165) is 30.3 Å². The monoisotopic (exact) mass is 364 g/mol. The highest BCUT2D eigenvalue weighted by atomic mass is 19.4. The molecule has 2 N–H and O–H groups in total. The molecule has 1 fully saturated rings. The van der Waals surface area contributed by atoms with E-state index in [0.29, 0.717) is 18.5 Å². The van der Waals surface area contributed by atoms with Gasteiger partial charge in [-0.2, -0.15) is 18.2 Å². The summed E-state index contributed by atoms with van der Waals surface area (Å²) < 4.78 is 44.6. The summed E-state index contributed by atoms with van der Waals surface area (Å²) >= 11 is 0. The minimum absolute atomic E-state index is 0.0217. The molecule has 0 atom stereocenters. The van der Waals surface area contributed by atoms with Crippen molar-refractivity contribution in [2.24, 2.45) is 0 Å². The molecule has 0 spiro atoms. The molecule has 1 saturated carbocycles. The summed E-state index contributed by atoms with van der Waals surface area (Å²) in [5.41, 5.74) is 1.31. The summed E-state index contributed by atoms with van der Waals surface area (Å²) in [7, 11) is 0. The van der Waals surface area contributed by atoms with E-state index < -0.39 is 17.6 Å². The first-order valence-electron chi connectivity index (χ1n) is 8.19. The standard InChI is InChI=1S/C17H15F3N4O2/c18-17(19,20)12-8-21-16(24-15(12)26-11-3-4-11)22-10-2-5-13-9(7-10)1-6-14(25)23-13/h2,5,7-8,11H,1,3-4,6H2,(H,23,25)(H,21,22,24). The van der Waals surface area contributed by atoms with Gasteiger partial charge in [0.1, 0.15) is 11.7 Å². The zero-order chi connectivity index (χ0) is 18.3. The van der Waals surface area contributed by atoms with Crippen LogP contribution in [0.4, 0.5) is 30.5 Å². The van der Waals surface area contributed by atoms with Crippen molar-refractivity contribution in [2.45, 2.75) is 38.0 Å². The van der Waals surface area contributed by atoms with Crippen LogP contribution in [0.3, 0.4) is 0 Å². The van der Waals surface area contributed by atoms with Gasteiger partial charge in [0.2, 0.25) is 17.7 Å². The first-order valence-corrected chi connectivity index (χ1v) is 8.19. The molecule has 1 amide bonds. The van der Waals surface area contributed by atoms with Gasteiger partial charge in [-0.05, 0) is 43.0 Å². The van der Waals surface area contributed by atoms with E-state index in [1.807, 2.05) is 6.07 Å². The molecule has 9 heteroatoms. The van der Waals surface area contributed by atoms with Crippen LogP contribution in [-0.4, -0.2) is 22.0 Å². The van der Waals surface area contributed by atoms with Crippen LogP contribution in [0.25, 0.3) is 0 Å². The number of anilines is 3. The lowest BCUT2D eigenvalue weighted by Gasteiger charge is -2.18. The van der Waals surface area contributed by atoms with Gasteiger partial charge < -0.3 is 15.4 Å². The quantitative estimate of drug-likeness (QED) is 0.866. The lowest BCUT2D eigenvalue weighted by atomic mass is 10.0. The van der Waals surface area contributed by atoms with Gasteiger partial charge >= 0.3 is 6.18 Å². The van der Waals surface area contributed by atoms with Crippen LogP contribution >= 0.6 is 0 Å². The van der Waals surface area contributed by atoms with Gasteiger partial charge in [-0.1, -0.05) is 0 Å². The van der Waals surface area contributed by atoms with Crippen LogP contribution in [-0.2, 0) is 17.4 Å². The molecule has 1 aliphatic heterocycles. The Kier molecular flexibility index (Phi) is 3.93. The van der Waals surface area contributed by atoms with Gasteiger partial charge in [0.25, 0.3) is 0 Å². The van der Waals surface area contributed by atoms with E-state index in [2.05, 4.69) is 20.6 Å². The predicted molar refractivity (Wildman–Crippen MR) is 87.4 cm³/mol. The average molecular weight is 364 g/mol. The highest BCUT2D eigenvalue weighted by Crippen LogP contribution is 2.38. The molecule has 136 valence electrons. The molecule has 1 aliphatic carbocycles. The highest BCUT2D eigenvalue weighted by molar-refractivity contribution is 5.94. The number of aryl methyl sites for hydroxylation is 1. The first-order chi connectivity index (χ1) is 12.4. The molecule has 0 bridgehead atoms. The van der Waals surface area contributed by atoms with Crippen molar-refractivity contribution in [3.8, 4) is 5.88 Å². The second kappa shape index (κ2) is 6.15. The zero-order valence-electron chi connectivity index (χ0n) is 13.6. The van der Waals surface area contributed by atoms with Gasteiger partial charge in [0.15, 0.2) is 0 Å². The zero-order valence-corrected chi connectivity index (χ0v) is 13.6. The fourth-order valence-corrected chi connectivity index (χ4v) is 2.64. The summed E-state index contributed by atoms with van der Waals surface area (Å²) in [4.78, 5) is 19.1. The number of benzene rings is 1. The van der Waals surface area contributed by atoms with Gasteiger partial charge in [0.05, 0.1) is 0 Å². The maximum atomic E-state index is 13.1. The molecule has 1 aromatic carbocycles. The van der Waals surface area contributed by atoms with E-state index >= 15 is 0 Å². The number of nitrogens with one attached hydrogen (secondary N) is 2. The minimum Gasteiger partial charge on any atom is -0.474 e. The topological polar surface area (TPSA) is 76.1 Å². The van der Waals surface area contributed by atoms with Crippen molar-refractivity contribution in [2.75, 3.05) is 10.6 Å². The van der Waals surface area contributed by atoms with Crippen LogP contribution in [0.2, 0.25) is 0 Å². The van der Waals surface area contributed by atoms with E-state index in [9.17, 15) is 18.0 Å². The second-order valence-electron chi connectivity index (χ2n) is 6.27. The van der Waals surface area contributed by atoms with Crippen LogP contribution in [0.1, 0.15) is 30.4 Å². The number of rotatable bonds is 4. The Bertz CT molecular complexity index is 866. The number of carbonyl (C=O) groups is 1. The van der Waals surface area contributed by atoms with Gasteiger partial charge in [-0.3, -0.25) is 4.79 Å². The largest absolute Gasteiger partial charge is 0.474 e. The molecule has 0 radical (unpaired) electrons. The molecule has 6 nitrogen and oxygen atoms in total. The summed E-state index contributed by atoms with van der Waals surface area (Å²) in [6, 6.07) is 5.25. The summed E-state index contributed by atoms with van der Waals surface area (Å²) in [6.07, 6.45) is -1.63. The lowest BCUT2D eigenvalue weighted by Crippen LogP contribution is -2.18. The van der Waals surface area contributed by atoms with Crippen molar-refractivity contribution in [3.63, 3.8) is 0 Å². The van der Waals surface area contributed by atoms with Gasteiger partial charge in [-0.25, -0.2) is 4.98 Å². The summed E-state index contributed by atoms with van der Waals surface area (Å²) in [5, 5.41) is 5.67. The number of aromatic nitrogens is 2. The molecule has 0 unspecified atom stereocenters. The number of hydrogen-bond acceptors (Lipinski definition) is 5. The number of nitrogens with zero attached hydrogens (tertiary/aromatic N) is 2. The predicted octanol–water partition coefficient (Wildman–Crippen LogP) is 3.66. The third-order valence-electron chi connectivity index (χ3n) is 4.12. The van der Waals surface area contributed by atoms with Gasteiger partial charge in [0, 0.05) is 24.0 Å². The van der Waals surface area contributed by atoms with Gasteiger partial charge in [-0.15, -0.1) is 0 Å². The molecule has 1 aromatic heterocycles. The van der Waals surface area contributed by atoms with E-state index in [1.165, 1.54) is 0 Å². The number of hydrogen-bond donors (Lipinski definition) is 2. The van der Waals surface area contributed by atoms with E-state index in [1.54, 1.807) is 12.1 Å². The maximum absolute atomic E-state index is 13.1. The molecule has 2 aliphatic rings. The normalized spacial score (nSPS) is 16.7. The number of alkyl halides is 3. The molecule has 26 heavy (non-hydrogen) atoms. The molecule has 0 saturated heterocycles. The second-order valence-corrected chi connectivity index (χ2v) is 6.27. The Morgan fingerprint density at radius 2 is 2.04 bits per heavy atom. The van der Waals surface area contributed by atoms with Crippen LogP contribution < -0.4 is 15.4 Å². The van der Waals surface area contributed by atoms with E-state index in [4.69, 9.17) is 4.74 Å². The third-order valence-corrected chi connectivity index (χ3v) is 4.12. The third kappa shape index (κ3) is 3.56. The Balaban J connectivity index is 1.59. The lowest BCUT2D eigenvalue weighted by molar-refractivity contribution is -0.139. The van der Waals surface area contributed by atoms with Crippen molar-refractivity contribution in [1.29, 1.82) is 0 Å². The van der Waals surface area contributed by atoms with E-state index in [-0.39, 0.29) is 18.0 Å². The molecule has 2 aromatic rings. The van der Waals surface area contributed by atoms with Crippen LogP contribution in [0.5, 0.6) is 5.88 Å². The van der Waals surface area contributed by atoms with Crippen molar-refractivity contribution < 1.29 is 22.7 Å². The first kappa shape index (κ1) is 16.6. The number of ether oxygens (including phenoxy) is 1. The number of amides is 1. The Labute approximate surface area is 146 Å². The Morgan fingerprint density at radius 1 is 1.23 bits per heavy atom. The van der Waals surface area contributed by atoms with Crippen LogP contribution in [0, 0.1) is 0 Å². The number of halogens is 3. The molecule has 4 rings (SSSR count). The fraction of sp³-hybridized carbons (Fsp3) is 0.353. The smallest absolute Gasteiger partial charge is 0.423 e. The Morgan fingerprint density at radius 3 is 2.77 bits per heavy atom. The Hall–Kier alpha value is -2.84. The molecular weight excluding hydrogens is 349 g/mol. The SMILES string of the molecule is O=C1CCc2cc(Nc3ncc(C(F)(F)F)c(OC4CC4)n3)ccc2N1. The minimum atomic E-state index is -4.58. The highest BCUT2D eigenvalue weighted by Gasteiger charge is 2.38. The maximum Gasteiger partial charge on any atom is 0.423 e. The number of fused-ring (bicyclic) bond motifs is 1. The average Bonchev–Trinajstić information content (AvgIpc) is 3.38. The van der Waals surface area contributed by atoms with Crippen LogP contribution in [0.15, 0.2) is 24.4 Å². The van der Waals surface area contributed by atoms with Crippen molar-refractivity contribution >= 4 is 23.2 Å². The molecular formula is C17H15F3N4O2. The summed E-state index contributed by atoms with van der Waals surface area (Å²) in [5.74, 6) is -0.470.